The minimum atomic E-state index is -4.39. The molecule has 0 aliphatic carbocycles. The van der Waals surface area contributed by atoms with Crippen LogP contribution < -0.4 is 15.4 Å². The Morgan fingerprint density at radius 1 is 0.939 bits per heavy atom. The monoisotopic (exact) mass is 456 g/mol. The topological polar surface area (TPSA) is 70.6 Å². The van der Waals surface area contributed by atoms with Gasteiger partial charge in [0.2, 0.25) is 0 Å². The molecule has 5 nitrogen and oxygen atoms in total. The number of carbonyl (C=O) groups is 1. The Morgan fingerprint density at radius 2 is 1.58 bits per heavy atom. The molecule has 0 amide bonds. The highest BCUT2D eigenvalue weighted by Gasteiger charge is 2.29. The van der Waals surface area contributed by atoms with Crippen LogP contribution in [0.15, 0.2) is 84.7 Å². The maximum Gasteiger partial charge on any atom is 0.416 e. The van der Waals surface area contributed by atoms with Crippen LogP contribution in [0.1, 0.15) is 35.7 Å². The van der Waals surface area contributed by atoms with Crippen LogP contribution in [0, 0.1) is 0 Å². The zero-order valence-corrected chi connectivity index (χ0v) is 17.8. The standard InChI is InChI=1S/C25H23F3N2O3/c1-2-3-10-23(29-19-13-11-18(12-14-19)25(26,27)28)30-20-7-5-9-22(16-20)33-21-8-4-6-17(15-21)24(31)32/h4-16,29-30H,2-3H2,1H3,(H,31,32)/b23-10+. The normalized spacial score (nSPS) is 11.7. The Labute approximate surface area is 189 Å². The number of rotatable bonds is 9. The molecular formula is C25H23F3N2O3. The highest BCUT2D eigenvalue weighted by atomic mass is 19.4. The number of allylic oxidation sites excluding steroid dienone is 1. The van der Waals surface area contributed by atoms with E-state index in [1.807, 2.05) is 19.1 Å². The molecule has 0 radical (unpaired) electrons. The van der Waals surface area contributed by atoms with Crippen LogP contribution >= 0.6 is 0 Å². The Balaban J connectivity index is 1.74. The molecule has 3 rings (SSSR count). The first-order chi connectivity index (χ1) is 15.7. The lowest BCUT2D eigenvalue weighted by Crippen LogP contribution is -2.10. The van der Waals surface area contributed by atoms with E-state index in [0.717, 1.165) is 25.0 Å². The summed E-state index contributed by atoms with van der Waals surface area (Å²) in [5, 5.41) is 15.5. The fourth-order valence-corrected chi connectivity index (χ4v) is 2.94. The van der Waals surface area contributed by atoms with E-state index in [4.69, 9.17) is 9.84 Å². The van der Waals surface area contributed by atoms with Gasteiger partial charge in [0.05, 0.1) is 11.1 Å². The average molecular weight is 456 g/mol. The maximum absolute atomic E-state index is 12.8. The van der Waals surface area contributed by atoms with Crippen LogP contribution in [-0.4, -0.2) is 11.1 Å². The summed E-state index contributed by atoms with van der Waals surface area (Å²) in [5.74, 6) is 0.445. The van der Waals surface area contributed by atoms with Crippen molar-refractivity contribution in [3.05, 3.63) is 95.8 Å². The highest BCUT2D eigenvalue weighted by molar-refractivity contribution is 5.88. The van der Waals surface area contributed by atoms with Crippen LogP contribution in [-0.2, 0) is 6.18 Å². The third-order valence-electron chi connectivity index (χ3n) is 4.56. The highest BCUT2D eigenvalue weighted by Crippen LogP contribution is 2.30. The summed E-state index contributed by atoms with van der Waals surface area (Å²) in [6.07, 6.45) is -0.819. The van der Waals surface area contributed by atoms with E-state index in [1.165, 1.54) is 24.3 Å². The van der Waals surface area contributed by atoms with Crippen LogP contribution in [0.25, 0.3) is 0 Å². The summed E-state index contributed by atoms with van der Waals surface area (Å²) in [7, 11) is 0. The number of nitrogens with one attached hydrogen (secondary N) is 2. The first-order valence-corrected chi connectivity index (χ1v) is 10.3. The van der Waals surface area contributed by atoms with Crippen molar-refractivity contribution in [1.29, 1.82) is 0 Å². The van der Waals surface area contributed by atoms with Crippen LogP contribution in [0.5, 0.6) is 11.5 Å². The largest absolute Gasteiger partial charge is 0.478 e. The van der Waals surface area contributed by atoms with Gasteiger partial charge in [0.25, 0.3) is 0 Å². The summed E-state index contributed by atoms with van der Waals surface area (Å²) in [6, 6.07) is 18.0. The van der Waals surface area contributed by atoms with E-state index in [0.29, 0.717) is 28.7 Å². The van der Waals surface area contributed by atoms with E-state index in [2.05, 4.69) is 10.6 Å². The first kappa shape index (κ1) is 23.7. The van der Waals surface area contributed by atoms with Crippen molar-refractivity contribution in [2.75, 3.05) is 10.6 Å². The van der Waals surface area contributed by atoms with Crippen LogP contribution in [0.4, 0.5) is 24.5 Å². The molecule has 3 aromatic carbocycles. The predicted molar refractivity (Wildman–Crippen MR) is 122 cm³/mol. The molecule has 3 aromatic rings. The van der Waals surface area contributed by atoms with E-state index < -0.39 is 17.7 Å². The van der Waals surface area contributed by atoms with Gasteiger partial charge in [-0.05, 0) is 67.1 Å². The van der Waals surface area contributed by atoms with Crippen molar-refractivity contribution in [1.82, 2.24) is 0 Å². The minimum Gasteiger partial charge on any atom is -0.478 e. The molecule has 0 bridgehead atoms. The Kier molecular flexibility index (Phi) is 7.61. The van der Waals surface area contributed by atoms with Gasteiger partial charge >= 0.3 is 12.1 Å². The Bertz CT molecular complexity index is 1130. The number of ether oxygens (including phenoxy) is 1. The summed E-state index contributed by atoms with van der Waals surface area (Å²) in [4.78, 5) is 11.2. The maximum atomic E-state index is 12.8. The summed E-state index contributed by atoms with van der Waals surface area (Å²) in [5.41, 5.74) is 0.601. The predicted octanol–water partition coefficient (Wildman–Crippen LogP) is 7.36. The van der Waals surface area contributed by atoms with E-state index >= 15 is 0 Å². The molecule has 172 valence electrons. The van der Waals surface area contributed by atoms with Gasteiger partial charge in [-0.15, -0.1) is 0 Å². The molecule has 0 aliphatic rings. The molecule has 3 N–H and O–H groups in total. The van der Waals surface area contributed by atoms with Crippen molar-refractivity contribution in [2.45, 2.75) is 25.9 Å². The number of alkyl halides is 3. The van der Waals surface area contributed by atoms with Gasteiger partial charge in [0.15, 0.2) is 0 Å². The molecule has 0 spiro atoms. The van der Waals surface area contributed by atoms with Gasteiger partial charge in [0, 0.05) is 17.4 Å². The molecule has 0 saturated carbocycles. The number of hydrogen-bond donors (Lipinski definition) is 3. The molecule has 0 heterocycles. The second kappa shape index (κ2) is 10.6. The van der Waals surface area contributed by atoms with Crippen molar-refractivity contribution in [3.8, 4) is 11.5 Å². The summed E-state index contributed by atoms with van der Waals surface area (Å²) >= 11 is 0. The number of benzene rings is 3. The third-order valence-corrected chi connectivity index (χ3v) is 4.56. The molecule has 33 heavy (non-hydrogen) atoms. The fourth-order valence-electron chi connectivity index (χ4n) is 2.94. The third kappa shape index (κ3) is 7.03. The van der Waals surface area contributed by atoms with E-state index in [1.54, 1.807) is 30.3 Å². The summed E-state index contributed by atoms with van der Waals surface area (Å²) in [6.45, 7) is 2.02. The number of unbranched alkanes of at least 4 members (excludes halogenated alkanes) is 1. The molecule has 0 saturated heterocycles. The molecule has 0 unspecified atom stereocenters. The number of halogens is 3. The van der Waals surface area contributed by atoms with Crippen molar-refractivity contribution in [2.24, 2.45) is 0 Å². The number of hydrogen-bond acceptors (Lipinski definition) is 4. The minimum absolute atomic E-state index is 0.118. The lowest BCUT2D eigenvalue weighted by atomic mass is 10.2. The molecule has 8 heteroatoms. The molecule has 0 fully saturated rings. The van der Waals surface area contributed by atoms with E-state index in [-0.39, 0.29) is 5.56 Å². The second-order valence-corrected chi connectivity index (χ2v) is 7.19. The fraction of sp³-hybridized carbons (Fsp3) is 0.160. The molecular weight excluding hydrogens is 433 g/mol. The molecule has 0 aromatic heterocycles. The zero-order valence-electron chi connectivity index (χ0n) is 17.8. The lowest BCUT2D eigenvalue weighted by Gasteiger charge is -2.16. The number of anilines is 2. The SMILES string of the molecule is CCC/C=C(\Nc1ccc(C(F)(F)F)cc1)Nc1cccc(Oc2cccc(C(=O)O)c2)c1. The first-order valence-electron chi connectivity index (χ1n) is 10.3. The number of carboxylic acids is 1. The molecule has 0 atom stereocenters. The van der Waals surface area contributed by atoms with Gasteiger partial charge < -0.3 is 20.5 Å². The summed E-state index contributed by atoms with van der Waals surface area (Å²) < 4.78 is 44.2. The van der Waals surface area contributed by atoms with Crippen molar-refractivity contribution >= 4 is 17.3 Å². The molecule has 0 aliphatic heterocycles. The van der Waals surface area contributed by atoms with Gasteiger partial charge in [-0.1, -0.05) is 25.5 Å². The lowest BCUT2D eigenvalue weighted by molar-refractivity contribution is -0.137. The smallest absolute Gasteiger partial charge is 0.416 e. The second-order valence-electron chi connectivity index (χ2n) is 7.19. The van der Waals surface area contributed by atoms with Crippen molar-refractivity contribution in [3.63, 3.8) is 0 Å². The Hall–Kier alpha value is -3.94. The van der Waals surface area contributed by atoms with Crippen molar-refractivity contribution < 1.29 is 27.8 Å². The Morgan fingerprint density at radius 3 is 2.21 bits per heavy atom. The van der Waals surface area contributed by atoms with Gasteiger partial charge in [0.1, 0.15) is 17.3 Å². The van der Waals surface area contributed by atoms with Gasteiger partial charge in [-0.25, -0.2) is 4.79 Å². The zero-order chi connectivity index (χ0) is 23.8. The number of aromatic carboxylic acids is 1. The van der Waals surface area contributed by atoms with Crippen LogP contribution in [0.2, 0.25) is 0 Å². The van der Waals surface area contributed by atoms with Gasteiger partial charge in [-0.3, -0.25) is 0 Å². The van der Waals surface area contributed by atoms with E-state index in [9.17, 15) is 18.0 Å². The van der Waals surface area contributed by atoms with Gasteiger partial charge in [-0.2, -0.15) is 13.2 Å². The average Bonchev–Trinajstić information content (AvgIpc) is 2.77. The van der Waals surface area contributed by atoms with Crippen LogP contribution in [0.3, 0.4) is 0 Å². The number of carboxylic acid groups (broad SMARTS) is 1. The quantitative estimate of drug-likeness (QED) is 0.314.